The average molecular weight is 372 g/mol. The van der Waals surface area contributed by atoms with Crippen molar-refractivity contribution >= 4 is 11.7 Å². The molecular formula is C21H25FN2O3. The molecule has 1 N–H and O–H groups in total. The van der Waals surface area contributed by atoms with Crippen LogP contribution in [-0.4, -0.2) is 48.2 Å². The van der Waals surface area contributed by atoms with Crippen LogP contribution in [0.4, 0.5) is 10.1 Å². The molecule has 1 fully saturated rings. The third-order valence-corrected chi connectivity index (χ3v) is 4.93. The van der Waals surface area contributed by atoms with Gasteiger partial charge in [-0.15, -0.1) is 0 Å². The van der Waals surface area contributed by atoms with Crippen molar-refractivity contribution in [3.63, 3.8) is 0 Å². The topological polar surface area (TPSA) is 53.0 Å². The predicted octanol–water partition coefficient (Wildman–Crippen LogP) is 3.39. The molecule has 1 unspecified atom stereocenters. The van der Waals surface area contributed by atoms with E-state index in [1.54, 1.807) is 12.1 Å². The van der Waals surface area contributed by atoms with Crippen molar-refractivity contribution in [2.45, 2.75) is 26.0 Å². The van der Waals surface area contributed by atoms with Crippen molar-refractivity contribution in [1.29, 1.82) is 0 Å². The molecule has 0 radical (unpaired) electrons. The molecule has 0 spiro atoms. The van der Waals surface area contributed by atoms with Gasteiger partial charge in [-0.2, -0.15) is 0 Å². The number of piperazine rings is 1. The van der Waals surface area contributed by atoms with Crippen LogP contribution in [-0.2, 0) is 11.4 Å². The molecule has 6 heteroatoms. The van der Waals surface area contributed by atoms with Gasteiger partial charge in [0.05, 0.1) is 0 Å². The second kappa shape index (κ2) is 8.86. The van der Waals surface area contributed by atoms with Crippen molar-refractivity contribution in [1.82, 2.24) is 4.90 Å². The number of benzene rings is 2. The van der Waals surface area contributed by atoms with Gasteiger partial charge < -0.3 is 14.7 Å². The summed E-state index contributed by atoms with van der Waals surface area (Å²) in [6.07, 6.45) is 0.613. The van der Waals surface area contributed by atoms with Crippen molar-refractivity contribution in [2.24, 2.45) is 0 Å². The number of nitrogens with zero attached hydrogens (tertiary/aromatic N) is 2. The second-order valence-electron chi connectivity index (χ2n) is 6.70. The molecule has 0 aromatic heterocycles. The van der Waals surface area contributed by atoms with E-state index in [9.17, 15) is 14.3 Å². The lowest BCUT2D eigenvalue weighted by molar-refractivity contribution is -0.143. The molecule has 0 aliphatic carbocycles. The number of carboxylic acids is 1. The first-order valence-electron chi connectivity index (χ1n) is 9.26. The van der Waals surface area contributed by atoms with Gasteiger partial charge in [0, 0.05) is 37.9 Å². The minimum absolute atomic E-state index is 0.256. The summed E-state index contributed by atoms with van der Waals surface area (Å²) < 4.78 is 18.8. The van der Waals surface area contributed by atoms with Gasteiger partial charge >= 0.3 is 5.97 Å². The average Bonchev–Trinajstić information content (AvgIpc) is 2.69. The van der Waals surface area contributed by atoms with Gasteiger partial charge in [0.25, 0.3) is 0 Å². The molecule has 5 nitrogen and oxygen atoms in total. The number of hydrogen-bond acceptors (Lipinski definition) is 4. The van der Waals surface area contributed by atoms with Gasteiger partial charge in [0.2, 0.25) is 0 Å². The first-order valence-corrected chi connectivity index (χ1v) is 9.26. The van der Waals surface area contributed by atoms with E-state index in [4.69, 9.17) is 4.74 Å². The lowest BCUT2D eigenvalue weighted by Crippen LogP contribution is -2.52. The molecule has 3 rings (SSSR count). The van der Waals surface area contributed by atoms with Crippen LogP contribution in [0.15, 0.2) is 48.5 Å². The summed E-state index contributed by atoms with van der Waals surface area (Å²) >= 11 is 0. The van der Waals surface area contributed by atoms with E-state index in [-0.39, 0.29) is 5.82 Å². The van der Waals surface area contributed by atoms with Crippen LogP contribution in [0.25, 0.3) is 0 Å². The highest BCUT2D eigenvalue weighted by atomic mass is 19.1. The lowest BCUT2D eigenvalue weighted by Gasteiger charge is -2.38. The Bertz CT molecular complexity index is 758. The van der Waals surface area contributed by atoms with Crippen LogP contribution >= 0.6 is 0 Å². The number of hydrogen-bond donors (Lipinski definition) is 1. The van der Waals surface area contributed by atoms with E-state index in [1.165, 1.54) is 12.1 Å². The summed E-state index contributed by atoms with van der Waals surface area (Å²) in [5.41, 5.74) is 1.98. The largest absolute Gasteiger partial charge is 0.489 e. The number of carbonyl (C=O) groups is 1. The van der Waals surface area contributed by atoms with Crippen LogP contribution in [0.3, 0.4) is 0 Å². The molecule has 1 atom stereocenters. The number of carboxylic acid groups (broad SMARTS) is 1. The molecule has 1 aliphatic rings. The van der Waals surface area contributed by atoms with E-state index >= 15 is 0 Å². The fourth-order valence-corrected chi connectivity index (χ4v) is 3.40. The fourth-order valence-electron chi connectivity index (χ4n) is 3.40. The summed E-state index contributed by atoms with van der Waals surface area (Å²) in [4.78, 5) is 15.6. The summed E-state index contributed by atoms with van der Waals surface area (Å²) in [6.45, 7) is 5.31. The first-order chi connectivity index (χ1) is 13.1. The number of rotatable bonds is 7. The van der Waals surface area contributed by atoms with E-state index in [2.05, 4.69) is 4.90 Å². The van der Waals surface area contributed by atoms with Crippen LogP contribution in [0.2, 0.25) is 0 Å². The Hall–Kier alpha value is -2.60. The third-order valence-electron chi connectivity index (χ3n) is 4.93. The van der Waals surface area contributed by atoms with Gasteiger partial charge in [-0.3, -0.25) is 9.69 Å². The van der Waals surface area contributed by atoms with Crippen molar-refractivity contribution < 1.29 is 19.0 Å². The van der Waals surface area contributed by atoms with Crippen molar-refractivity contribution in [3.8, 4) is 5.75 Å². The highest BCUT2D eigenvalue weighted by Crippen LogP contribution is 2.24. The molecule has 0 bridgehead atoms. The Labute approximate surface area is 159 Å². The standard InChI is InChI=1S/C21H25FN2O3/c1-2-20(21(25)26)24-12-10-23(11-13-24)18-4-3-5-19(14-18)27-15-16-6-8-17(22)9-7-16/h3-9,14,20H,2,10-13,15H2,1H3,(H,25,26). The predicted molar refractivity (Wildman–Crippen MR) is 103 cm³/mol. The van der Waals surface area contributed by atoms with Gasteiger partial charge in [0.1, 0.15) is 24.2 Å². The van der Waals surface area contributed by atoms with Gasteiger partial charge in [0.15, 0.2) is 0 Å². The zero-order valence-electron chi connectivity index (χ0n) is 15.5. The molecule has 0 saturated carbocycles. The lowest BCUT2D eigenvalue weighted by atomic mass is 10.1. The van der Waals surface area contributed by atoms with E-state index in [1.807, 2.05) is 36.1 Å². The Morgan fingerprint density at radius 1 is 1.15 bits per heavy atom. The van der Waals surface area contributed by atoms with E-state index in [0.717, 1.165) is 43.2 Å². The highest BCUT2D eigenvalue weighted by Gasteiger charge is 2.27. The van der Waals surface area contributed by atoms with Crippen LogP contribution in [0.5, 0.6) is 5.75 Å². The Morgan fingerprint density at radius 2 is 1.85 bits per heavy atom. The zero-order valence-corrected chi connectivity index (χ0v) is 15.5. The summed E-state index contributed by atoms with van der Waals surface area (Å²) in [7, 11) is 0. The second-order valence-corrected chi connectivity index (χ2v) is 6.70. The minimum atomic E-state index is -0.748. The third kappa shape index (κ3) is 4.98. The smallest absolute Gasteiger partial charge is 0.320 e. The zero-order chi connectivity index (χ0) is 19.2. The molecule has 27 heavy (non-hydrogen) atoms. The maximum absolute atomic E-state index is 13.0. The summed E-state index contributed by atoms with van der Waals surface area (Å²) in [6, 6.07) is 13.8. The molecule has 1 saturated heterocycles. The maximum Gasteiger partial charge on any atom is 0.320 e. The molecule has 0 amide bonds. The van der Waals surface area contributed by atoms with Crippen molar-refractivity contribution in [3.05, 3.63) is 59.9 Å². The molecule has 2 aromatic carbocycles. The number of ether oxygens (including phenoxy) is 1. The molecule has 144 valence electrons. The molecule has 2 aromatic rings. The van der Waals surface area contributed by atoms with Crippen LogP contribution in [0, 0.1) is 5.82 Å². The summed E-state index contributed by atoms with van der Waals surface area (Å²) in [5.74, 6) is -0.244. The fraction of sp³-hybridized carbons (Fsp3) is 0.381. The van der Waals surface area contributed by atoms with Crippen LogP contribution < -0.4 is 9.64 Å². The Balaban J connectivity index is 1.58. The number of halogens is 1. The SMILES string of the molecule is CCC(C(=O)O)N1CCN(c2cccc(OCc3ccc(F)cc3)c2)CC1. The Morgan fingerprint density at radius 3 is 2.48 bits per heavy atom. The monoisotopic (exact) mass is 372 g/mol. The maximum atomic E-state index is 13.0. The minimum Gasteiger partial charge on any atom is -0.489 e. The van der Waals surface area contributed by atoms with Gasteiger partial charge in [-0.1, -0.05) is 25.1 Å². The van der Waals surface area contributed by atoms with Gasteiger partial charge in [-0.25, -0.2) is 4.39 Å². The molecule has 1 aliphatic heterocycles. The molecular weight excluding hydrogens is 347 g/mol. The van der Waals surface area contributed by atoms with Crippen molar-refractivity contribution in [2.75, 3.05) is 31.1 Å². The Kier molecular flexibility index (Phi) is 6.29. The number of aliphatic carboxylic acids is 1. The quantitative estimate of drug-likeness (QED) is 0.807. The number of anilines is 1. The molecule has 1 heterocycles. The highest BCUT2D eigenvalue weighted by molar-refractivity contribution is 5.73. The normalized spacial score (nSPS) is 16.1. The van der Waals surface area contributed by atoms with Crippen LogP contribution in [0.1, 0.15) is 18.9 Å². The van der Waals surface area contributed by atoms with E-state index < -0.39 is 12.0 Å². The van der Waals surface area contributed by atoms with E-state index in [0.29, 0.717) is 13.0 Å². The van der Waals surface area contributed by atoms with Gasteiger partial charge in [-0.05, 0) is 36.2 Å². The summed E-state index contributed by atoms with van der Waals surface area (Å²) in [5, 5.41) is 9.32. The first kappa shape index (κ1) is 19.2.